The Balaban J connectivity index is 2.10. The van der Waals surface area contributed by atoms with Crippen molar-refractivity contribution >= 4 is 38.4 Å². The van der Waals surface area contributed by atoms with Crippen LogP contribution >= 0.6 is 0 Å². The Labute approximate surface area is 120 Å². The van der Waals surface area contributed by atoms with Crippen molar-refractivity contribution in [1.29, 1.82) is 0 Å². The van der Waals surface area contributed by atoms with E-state index < -0.39 is 21.8 Å². The van der Waals surface area contributed by atoms with Gasteiger partial charge in [0.1, 0.15) is 4.90 Å². The molecule has 0 atom stereocenters. The second kappa shape index (κ2) is 4.57. The van der Waals surface area contributed by atoms with E-state index in [2.05, 4.69) is 10.3 Å². The van der Waals surface area contributed by atoms with Crippen LogP contribution in [0.4, 0.5) is 5.69 Å². The maximum atomic E-state index is 12.6. The first kappa shape index (κ1) is 13.6. The van der Waals surface area contributed by atoms with E-state index in [1.54, 1.807) is 12.1 Å². The molecular weight excluding hydrogens is 296 g/mol. The summed E-state index contributed by atoms with van der Waals surface area (Å²) in [6, 6.07) is 4.84. The van der Waals surface area contributed by atoms with Crippen molar-refractivity contribution in [3.8, 4) is 0 Å². The number of carbonyl (C=O) groups excluding carboxylic acids is 2. The van der Waals surface area contributed by atoms with Gasteiger partial charge in [0.2, 0.25) is 21.8 Å². The van der Waals surface area contributed by atoms with Crippen LogP contribution in [0.5, 0.6) is 0 Å². The Morgan fingerprint density at radius 3 is 2.48 bits per heavy atom. The Kier molecular flexibility index (Phi) is 2.96. The van der Waals surface area contributed by atoms with Crippen LogP contribution in [0.3, 0.4) is 0 Å². The van der Waals surface area contributed by atoms with Gasteiger partial charge in [0.25, 0.3) is 0 Å². The number of aromatic nitrogens is 1. The molecule has 3 rings (SSSR count). The van der Waals surface area contributed by atoms with Gasteiger partial charge in [-0.3, -0.25) is 14.9 Å². The number of benzene rings is 1. The van der Waals surface area contributed by atoms with E-state index in [-0.39, 0.29) is 18.0 Å². The number of nitrogens with two attached hydrogens (primary N) is 1. The predicted octanol–water partition coefficient (Wildman–Crippen LogP) is -0.603. The molecule has 0 spiro atoms. The van der Waals surface area contributed by atoms with E-state index in [1.807, 2.05) is 0 Å². The third kappa shape index (κ3) is 2.26. The fourth-order valence-corrected chi connectivity index (χ4v) is 3.75. The summed E-state index contributed by atoms with van der Waals surface area (Å²) in [4.78, 5) is 25.5. The zero-order valence-corrected chi connectivity index (χ0v) is 11.6. The first-order valence-corrected chi connectivity index (χ1v) is 7.51. The van der Waals surface area contributed by atoms with Gasteiger partial charge >= 0.3 is 0 Å². The second-order valence-electron chi connectivity index (χ2n) is 4.70. The molecule has 1 saturated heterocycles. The number of hydrogen-bond donors (Lipinski definition) is 3. The number of hydrogen-bond acceptors (Lipinski definition) is 5. The Hall–Kier alpha value is -2.39. The number of amides is 2. The molecule has 2 amide bonds. The number of nitrogens with zero attached hydrogens (tertiary/aromatic N) is 1. The third-order valence-electron chi connectivity index (χ3n) is 3.20. The van der Waals surface area contributed by atoms with Gasteiger partial charge in [0.15, 0.2) is 0 Å². The molecule has 1 aromatic heterocycles. The van der Waals surface area contributed by atoms with Gasteiger partial charge in [-0.15, -0.1) is 0 Å². The summed E-state index contributed by atoms with van der Waals surface area (Å²) < 4.78 is 26.0. The summed E-state index contributed by atoms with van der Waals surface area (Å²) in [6.07, 6.45) is 1.33. The summed E-state index contributed by atoms with van der Waals surface area (Å²) in [6.45, 7) is -0.772. The summed E-state index contributed by atoms with van der Waals surface area (Å²) >= 11 is 0. The average molecular weight is 308 g/mol. The Morgan fingerprint density at radius 2 is 1.81 bits per heavy atom. The molecule has 110 valence electrons. The fraction of sp³-hybridized carbons (Fsp3) is 0.167. The number of imide groups is 1. The Morgan fingerprint density at radius 1 is 1.14 bits per heavy atom. The highest BCUT2D eigenvalue weighted by atomic mass is 32.2. The van der Waals surface area contributed by atoms with Crippen LogP contribution in [0.25, 0.3) is 10.9 Å². The van der Waals surface area contributed by atoms with Crippen LogP contribution < -0.4 is 11.1 Å². The van der Waals surface area contributed by atoms with Crippen LogP contribution in [0, 0.1) is 0 Å². The van der Waals surface area contributed by atoms with Crippen molar-refractivity contribution in [2.24, 2.45) is 0 Å². The molecule has 9 heteroatoms. The molecular formula is C12H12N4O4S. The highest BCUT2D eigenvalue weighted by Crippen LogP contribution is 2.27. The lowest BCUT2D eigenvalue weighted by molar-refractivity contribution is -0.134. The molecule has 0 aliphatic carbocycles. The van der Waals surface area contributed by atoms with E-state index in [0.29, 0.717) is 16.6 Å². The van der Waals surface area contributed by atoms with E-state index >= 15 is 0 Å². The first-order valence-electron chi connectivity index (χ1n) is 6.07. The molecule has 1 aliphatic heterocycles. The molecule has 1 fully saturated rings. The highest BCUT2D eigenvalue weighted by Gasteiger charge is 2.34. The molecule has 0 saturated carbocycles. The molecule has 21 heavy (non-hydrogen) atoms. The molecule has 2 aromatic rings. The number of piperazine rings is 1. The molecule has 1 aliphatic rings. The molecule has 8 nitrogen and oxygen atoms in total. The molecule has 2 heterocycles. The standard InChI is InChI=1S/C12H12N4O4S/c13-7-1-2-9-8(3-7)10(4-14-9)21(19,20)16-5-11(17)15-12(18)6-16/h1-4,14H,5-6,13H2,(H,15,17,18). The zero-order valence-electron chi connectivity index (χ0n) is 10.8. The molecule has 1 aromatic carbocycles. The van der Waals surface area contributed by atoms with Crippen LogP contribution in [-0.4, -0.2) is 42.6 Å². The van der Waals surface area contributed by atoms with E-state index in [9.17, 15) is 18.0 Å². The van der Waals surface area contributed by atoms with Crippen LogP contribution in [0.15, 0.2) is 29.3 Å². The lowest BCUT2D eigenvalue weighted by atomic mass is 10.2. The largest absolute Gasteiger partial charge is 0.399 e. The first-order chi connectivity index (χ1) is 9.88. The summed E-state index contributed by atoms with van der Waals surface area (Å²) in [5.41, 5.74) is 6.71. The van der Waals surface area contributed by atoms with Gasteiger partial charge in [-0.1, -0.05) is 0 Å². The quantitative estimate of drug-likeness (QED) is 0.504. The maximum Gasteiger partial charge on any atom is 0.246 e. The smallest absolute Gasteiger partial charge is 0.246 e. The predicted molar refractivity (Wildman–Crippen MR) is 74.6 cm³/mol. The summed E-state index contributed by atoms with van der Waals surface area (Å²) in [5.74, 6) is -1.29. The van der Waals surface area contributed by atoms with E-state index in [0.717, 1.165) is 4.31 Å². The number of rotatable bonds is 2. The van der Waals surface area contributed by atoms with Crippen LogP contribution in [-0.2, 0) is 19.6 Å². The number of aromatic amines is 1. The van der Waals surface area contributed by atoms with Crippen molar-refractivity contribution in [2.45, 2.75) is 4.90 Å². The van der Waals surface area contributed by atoms with Crippen molar-refractivity contribution < 1.29 is 18.0 Å². The minimum Gasteiger partial charge on any atom is -0.399 e. The monoisotopic (exact) mass is 308 g/mol. The van der Waals surface area contributed by atoms with Gasteiger partial charge < -0.3 is 10.7 Å². The van der Waals surface area contributed by atoms with E-state index in [4.69, 9.17) is 5.73 Å². The van der Waals surface area contributed by atoms with Crippen molar-refractivity contribution in [3.63, 3.8) is 0 Å². The SMILES string of the molecule is Nc1ccc2[nH]cc(S(=O)(=O)N3CC(=O)NC(=O)C3)c2c1. The minimum absolute atomic E-state index is 0.00713. The molecule has 4 N–H and O–H groups in total. The average Bonchev–Trinajstić information content (AvgIpc) is 2.81. The third-order valence-corrected chi connectivity index (χ3v) is 5.04. The number of carbonyl (C=O) groups is 2. The molecule has 0 radical (unpaired) electrons. The lowest BCUT2D eigenvalue weighted by Crippen LogP contribution is -2.53. The zero-order chi connectivity index (χ0) is 15.2. The van der Waals surface area contributed by atoms with Crippen molar-refractivity contribution in [3.05, 3.63) is 24.4 Å². The van der Waals surface area contributed by atoms with E-state index in [1.165, 1.54) is 12.3 Å². The molecule has 0 unspecified atom stereocenters. The van der Waals surface area contributed by atoms with Crippen molar-refractivity contribution in [2.75, 3.05) is 18.8 Å². The van der Waals surface area contributed by atoms with Crippen molar-refractivity contribution in [1.82, 2.24) is 14.6 Å². The number of sulfonamides is 1. The van der Waals surface area contributed by atoms with Crippen LogP contribution in [0.2, 0.25) is 0 Å². The number of fused-ring (bicyclic) bond motifs is 1. The Bertz CT molecular complexity index is 839. The lowest BCUT2D eigenvalue weighted by Gasteiger charge is -2.24. The number of H-pyrrole nitrogens is 1. The minimum atomic E-state index is -3.96. The van der Waals surface area contributed by atoms with Gasteiger partial charge in [-0.2, -0.15) is 4.31 Å². The number of nitrogen functional groups attached to an aromatic ring is 1. The summed E-state index contributed by atoms with van der Waals surface area (Å²) in [5, 5.41) is 2.49. The van der Waals surface area contributed by atoms with Crippen LogP contribution in [0.1, 0.15) is 0 Å². The van der Waals surface area contributed by atoms with Gasteiger partial charge in [-0.05, 0) is 18.2 Å². The fourth-order valence-electron chi connectivity index (χ4n) is 2.25. The number of nitrogens with one attached hydrogen (secondary N) is 2. The van der Waals surface area contributed by atoms with Gasteiger partial charge in [-0.25, -0.2) is 8.42 Å². The second-order valence-corrected chi connectivity index (χ2v) is 6.61. The summed E-state index contributed by atoms with van der Waals surface area (Å²) in [7, 11) is -3.96. The van der Waals surface area contributed by atoms with Gasteiger partial charge in [0.05, 0.1) is 13.1 Å². The topological polar surface area (TPSA) is 125 Å². The normalized spacial score (nSPS) is 17.1. The number of anilines is 1. The van der Waals surface area contributed by atoms with Gasteiger partial charge in [0, 0.05) is 22.8 Å². The maximum absolute atomic E-state index is 12.6. The highest BCUT2D eigenvalue weighted by molar-refractivity contribution is 7.89. The molecule has 0 bridgehead atoms.